The van der Waals surface area contributed by atoms with Gasteiger partial charge in [0.15, 0.2) is 0 Å². The number of hydrogen-bond acceptors (Lipinski definition) is 0. The van der Waals surface area contributed by atoms with E-state index in [9.17, 15) is 0 Å². The summed E-state index contributed by atoms with van der Waals surface area (Å²) in [5.74, 6) is 5.98. The van der Waals surface area contributed by atoms with Crippen LogP contribution in [0.2, 0.25) is 0 Å². The van der Waals surface area contributed by atoms with E-state index in [0.29, 0.717) is 0 Å². The van der Waals surface area contributed by atoms with Crippen LogP contribution in [-0.2, 0) is 19.3 Å². The van der Waals surface area contributed by atoms with Gasteiger partial charge in [-0.05, 0) is 101 Å². The van der Waals surface area contributed by atoms with Gasteiger partial charge in [0.25, 0.3) is 0 Å². The van der Waals surface area contributed by atoms with Gasteiger partial charge in [-0.1, -0.05) is 109 Å². The third kappa shape index (κ3) is 4.99. The van der Waals surface area contributed by atoms with E-state index in [4.69, 9.17) is 0 Å². The number of aryl methyl sites for hydroxylation is 1. The standard InChI is InChI=1S/C34H50/c1-4-7-8-9-12-25-14-18-31-32(20-25)26(11-6-3)21-29-23-33-28(22-34(29)31)16-15-27-19-24(10-5-2)13-17-30(27)33/h13,15-17,19,25-26,29,31-32,34H,4-12,14,18,20-23H2,1-3H3. The zero-order chi connectivity index (χ0) is 23.5. The van der Waals surface area contributed by atoms with E-state index in [-0.39, 0.29) is 0 Å². The molecule has 0 amide bonds. The van der Waals surface area contributed by atoms with Crippen molar-refractivity contribution in [2.75, 3.05) is 0 Å². The Kier molecular flexibility index (Phi) is 8.02. The molecule has 0 N–H and O–H groups in total. The Morgan fingerprint density at radius 1 is 0.735 bits per heavy atom. The minimum atomic E-state index is 0.937. The van der Waals surface area contributed by atoms with Crippen LogP contribution < -0.4 is 0 Å². The molecule has 0 aromatic heterocycles. The van der Waals surface area contributed by atoms with Gasteiger partial charge >= 0.3 is 0 Å². The van der Waals surface area contributed by atoms with Gasteiger partial charge in [-0.3, -0.25) is 0 Å². The van der Waals surface area contributed by atoms with Crippen LogP contribution in [0.5, 0.6) is 0 Å². The molecular weight excluding hydrogens is 408 g/mol. The fourth-order valence-corrected chi connectivity index (χ4v) is 8.74. The second-order valence-electron chi connectivity index (χ2n) is 12.5. The largest absolute Gasteiger partial charge is 0.0654 e. The van der Waals surface area contributed by atoms with E-state index < -0.39 is 0 Å². The van der Waals surface area contributed by atoms with Crippen molar-refractivity contribution in [3.05, 3.63) is 47.0 Å². The molecule has 186 valence electrons. The van der Waals surface area contributed by atoms with Crippen LogP contribution in [0.4, 0.5) is 0 Å². The lowest BCUT2D eigenvalue weighted by Crippen LogP contribution is -2.46. The molecule has 2 fully saturated rings. The molecule has 0 saturated heterocycles. The van der Waals surface area contributed by atoms with E-state index in [1.807, 2.05) is 0 Å². The highest BCUT2D eigenvalue weighted by atomic mass is 14.5. The van der Waals surface area contributed by atoms with Crippen molar-refractivity contribution in [1.29, 1.82) is 0 Å². The molecule has 2 aromatic rings. The Balaban J connectivity index is 1.35. The Labute approximate surface area is 210 Å². The lowest BCUT2D eigenvalue weighted by molar-refractivity contribution is -0.0186. The summed E-state index contributed by atoms with van der Waals surface area (Å²) >= 11 is 0. The molecule has 0 bridgehead atoms. The zero-order valence-electron chi connectivity index (χ0n) is 22.5. The van der Waals surface area contributed by atoms with Crippen molar-refractivity contribution < 1.29 is 0 Å². The first-order chi connectivity index (χ1) is 16.7. The highest BCUT2D eigenvalue weighted by Gasteiger charge is 2.47. The van der Waals surface area contributed by atoms with Crippen molar-refractivity contribution in [3.63, 3.8) is 0 Å². The monoisotopic (exact) mass is 458 g/mol. The summed E-state index contributed by atoms with van der Waals surface area (Å²) < 4.78 is 0. The van der Waals surface area contributed by atoms with Crippen molar-refractivity contribution >= 4 is 10.8 Å². The summed E-state index contributed by atoms with van der Waals surface area (Å²) in [7, 11) is 0. The topological polar surface area (TPSA) is 0 Å². The summed E-state index contributed by atoms with van der Waals surface area (Å²) in [5, 5.41) is 3.06. The molecule has 2 aromatic carbocycles. The fraction of sp³-hybridized carbons (Fsp3) is 0.706. The maximum atomic E-state index is 2.52. The fourth-order valence-electron chi connectivity index (χ4n) is 8.74. The molecule has 0 aliphatic heterocycles. The van der Waals surface area contributed by atoms with Gasteiger partial charge < -0.3 is 0 Å². The Bertz CT molecular complexity index is 938. The first kappa shape index (κ1) is 24.4. The van der Waals surface area contributed by atoms with Gasteiger partial charge in [0.1, 0.15) is 0 Å². The number of hydrogen-bond donors (Lipinski definition) is 0. The molecule has 6 unspecified atom stereocenters. The predicted molar refractivity (Wildman–Crippen MR) is 148 cm³/mol. The van der Waals surface area contributed by atoms with E-state index >= 15 is 0 Å². The van der Waals surface area contributed by atoms with E-state index in [1.165, 1.54) is 101 Å². The minimum Gasteiger partial charge on any atom is -0.0654 e. The maximum Gasteiger partial charge on any atom is -0.0149 e. The van der Waals surface area contributed by atoms with Crippen LogP contribution in [0.1, 0.15) is 115 Å². The molecule has 0 nitrogen and oxygen atoms in total. The SMILES string of the molecule is CCCCCCC1CCC2C3Cc4ccc5cc(CCC)ccc5c4CC3CC(CCC)C2C1. The Hall–Kier alpha value is -1.30. The van der Waals surface area contributed by atoms with Crippen LogP contribution in [0.3, 0.4) is 0 Å². The summed E-state index contributed by atoms with van der Waals surface area (Å²) in [6.07, 6.45) is 21.5. The zero-order valence-corrected chi connectivity index (χ0v) is 22.5. The molecule has 0 heteroatoms. The maximum absolute atomic E-state index is 2.52. The van der Waals surface area contributed by atoms with Crippen LogP contribution in [-0.4, -0.2) is 0 Å². The molecule has 0 spiro atoms. The average Bonchev–Trinajstić information content (AvgIpc) is 2.86. The minimum absolute atomic E-state index is 0.937. The molecular formula is C34H50. The van der Waals surface area contributed by atoms with Crippen molar-refractivity contribution in [2.45, 2.75) is 117 Å². The van der Waals surface area contributed by atoms with Gasteiger partial charge in [0, 0.05) is 0 Å². The Morgan fingerprint density at radius 3 is 2.47 bits per heavy atom. The molecule has 2 saturated carbocycles. The van der Waals surface area contributed by atoms with Crippen LogP contribution in [0.25, 0.3) is 10.8 Å². The third-order valence-electron chi connectivity index (χ3n) is 10.3. The first-order valence-electron chi connectivity index (χ1n) is 15.2. The lowest BCUT2D eigenvalue weighted by Gasteiger charge is -2.53. The van der Waals surface area contributed by atoms with E-state index in [2.05, 4.69) is 51.1 Å². The van der Waals surface area contributed by atoms with Gasteiger partial charge in [-0.15, -0.1) is 0 Å². The van der Waals surface area contributed by atoms with Gasteiger partial charge in [0.2, 0.25) is 0 Å². The van der Waals surface area contributed by atoms with Gasteiger partial charge in [-0.2, -0.15) is 0 Å². The highest BCUT2D eigenvalue weighted by molar-refractivity contribution is 5.87. The molecule has 3 aliphatic rings. The lowest BCUT2D eigenvalue weighted by atomic mass is 9.52. The summed E-state index contributed by atoms with van der Waals surface area (Å²) in [6.45, 7) is 7.07. The van der Waals surface area contributed by atoms with Gasteiger partial charge in [-0.25, -0.2) is 0 Å². The number of benzene rings is 2. The molecule has 0 heterocycles. The van der Waals surface area contributed by atoms with E-state index in [1.54, 1.807) is 22.9 Å². The molecule has 3 aliphatic carbocycles. The normalized spacial score (nSPS) is 30.6. The molecule has 6 atom stereocenters. The average molecular weight is 459 g/mol. The van der Waals surface area contributed by atoms with Gasteiger partial charge in [0.05, 0.1) is 0 Å². The van der Waals surface area contributed by atoms with Crippen LogP contribution >= 0.6 is 0 Å². The second kappa shape index (κ2) is 11.2. The first-order valence-corrected chi connectivity index (χ1v) is 15.2. The highest BCUT2D eigenvalue weighted by Crippen LogP contribution is 2.55. The van der Waals surface area contributed by atoms with Crippen LogP contribution in [0.15, 0.2) is 30.3 Å². The van der Waals surface area contributed by atoms with Crippen molar-refractivity contribution in [3.8, 4) is 0 Å². The molecule has 0 radical (unpaired) electrons. The van der Waals surface area contributed by atoms with Crippen molar-refractivity contribution in [1.82, 2.24) is 0 Å². The molecule has 5 rings (SSSR count). The number of fused-ring (bicyclic) bond motifs is 6. The molecule has 34 heavy (non-hydrogen) atoms. The summed E-state index contributed by atoms with van der Waals surface area (Å²) in [5.41, 5.74) is 4.94. The Morgan fingerprint density at radius 2 is 1.65 bits per heavy atom. The predicted octanol–water partition coefficient (Wildman–Crippen LogP) is 9.95. The van der Waals surface area contributed by atoms with E-state index in [0.717, 1.165) is 35.5 Å². The smallest absolute Gasteiger partial charge is 0.0149 e. The second-order valence-corrected chi connectivity index (χ2v) is 12.5. The van der Waals surface area contributed by atoms with Crippen molar-refractivity contribution in [2.24, 2.45) is 35.5 Å². The summed E-state index contributed by atoms with van der Waals surface area (Å²) in [6, 6.07) is 12.3. The third-order valence-corrected chi connectivity index (χ3v) is 10.3. The quantitative estimate of drug-likeness (QED) is 0.328. The summed E-state index contributed by atoms with van der Waals surface area (Å²) in [4.78, 5) is 0. The van der Waals surface area contributed by atoms with Crippen LogP contribution in [0, 0.1) is 35.5 Å². The number of rotatable bonds is 9. The number of unbranched alkanes of at least 4 members (excludes halogenated alkanes) is 3.